The molecule has 34 heavy (non-hydrogen) atoms. The third kappa shape index (κ3) is 5.91. The number of ether oxygens (including phenoxy) is 3. The standard InChI is InChI=1S/C26H21N3O4S/c1-31-20-10-12-22(13-11-20)33-15-14-32-21-8-6-18(7-9-21)16-19(17-27)25(30)29-26-28-23-4-2-3-5-24(23)34-26/h2-13,16H,14-15H2,1H3,(H,28,29,30)/b19-16+. The first kappa shape index (κ1) is 22.8. The lowest BCUT2D eigenvalue weighted by atomic mass is 10.1. The number of benzene rings is 3. The molecule has 1 heterocycles. The first-order chi connectivity index (χ1) is 16.6. The molecule has 0 aliphatic rings. The Hall–Kier alpha value is -4.35. The summed E-state index contributed by atoms with van der Waals surface area (Å²) in [5.74, 6) is 1.66. The van der Waals surface area contributed by atoms with Gasteiger partial charge in [0.25, 0.3) is 5.91 Å². The Bertz CT molecular complexity index is 1310. The quantitative estimate of drug-likeness (QED) is 0.202. The molecular weight excluding hydrogens is 450 g/mol. The third-order valence-corrected chi connectivity index (χ3v) is 5.70. The lowest BCUT2D eigenvalue weighted by Crippen LogP contribution is -2.13. The van der Waals surface area contributed by atoms with Gasteiger partial charge in [-0.1, -0.05) is 35.6 Å². The zero-order valence-corrected chi connectivity index (χ0v) is 19.2. The number of aromatic nitrogens is 1. The second-order valence-corrected chi connectivity index (χ2v) is 8.08. The van der Waals surface area contributed by atoms with Gasteiger partial charge in [-0.25, -0.2) is 4.98 Å². The van der Waals surface area contributed by atoms with Crippen LogP contribution in [0.2, 0.25) is 0 Å². The molecule has 1 amide bonds. The topological polar surface area (TPSA) is 93.5 Å². The van der Waals surface area contributed by atoms with E-state index < -0.39 is 5.91 Å². The summed E-state index contributed by atoms with van der Waals surface area (Å²) in [6, 6.07) is 24.0. The number of nitrogens with zero attached hydrogens (tertiary/aromatic N) is 2. The summed E-state index contributed by atoms with van der Waals surface area (Å²) in [5, 5.41) is 12.6. The van der Waals surface area contributed by atoms with Crippen LogP contribution in [0.3, 0.4) is 0 Å². The normalized spacial score (nSPS) is 11.0. The average molecular weight is 472 g/mol. The van der Waals surface area contributed by atoms with Crippen molar-refractivity contribution in [2.24, 2.45) is 0 Å². The van der Waals surface area contributed by atoms with Crippen LogP contribution < -0.4 is 19.5 Å². The van der Waals surface area contributed by atoms with E-state index in [4.69, 9.17) is 14.2 Å². The zero-order chi connectivity index (χ0) is 23.8. The van der Waals surface area contributed by atoms with Crippen molar-refractivity contribution in [3.8, 4) is 23.3 Å². The number of para-hydroxylation sites is 1. The molecule has 4 aromatic rings. The summed E-state index contributed by atoms with van der Waals surface area (Å²) in [5.41, 5.74) is 1.49. The van der Waals surface area contributed by atoms with Crippen molar-refractivity contribution in [2.75, 3.05) is 25.6 Å². The first-order valence-electron chi connectivity index (χ1n) is 10.4. The highest BCUT2D eigenvalue weighted by Gasteiger charge is 2.12. The number of rotatable bonds is 9. The molecule has 8 heteroatoms. The van der Waals surface area contributed by atoms with Gasteiger partial charge in [-0.2, -0.15) is 5.26 Å². The molecule has 0 saturated carbocycles. The summed E-state index contributed by atoms with van der Waals surface area (Å²) >= 11 is 1.36. The van der Waals surface area contributed by atoms with Crippen molar-refractivity contribution in [1.29, 1.82) is 5.26 Å². The van der Waals surface area contributed by atoms with Crippen LogP contribution in [0, 0.1) is 11.3 Å². The van der Waals surface area contributed by atoms with E-state index in [2.05, 4.69) is 10.3 Å². The van der Waals surface area contributed by atoms with E-state index in [9.17, 15) is 10.1 Å². The van der Waals surface area contributed by atoms with E-state index in [0.29, 0.717) is 29.7 Å². The molecule has 0 spiro atoms. The number of fused-ring (bicyclic) bond motifs is 1. The summed E-state index contributed by atoms with van der Waals surface area (Å²) in [7, 11) is 1.62. The van der Waals surface area contributed by atoms with Crippen LogP contribution in [0.15, 0.2) is 78.4 Å². The largest absolute Gasteiger partial charge is 0.497 e. The Morgan fingerprint density at radius 3 is 2.21 bits per heavy atom. The van der Waals surface area contributed by atoms with Gasteiger partial charge >= 0.3 is 0 Å². The summed E-state index contributed by atoms with van der Waals surface area (Å²) in [6.07, 6.45) is 1.53. The SMILES string of the molecule is COc1ccc(OCCOc2ccc(/C=C(\C#N)C(=O)Nc3nc4ccccc4s3)cc2)cc1. The number of carbonyl (C=O) groups is 1. The Labute approximate surface area is 200 Å². The lowest BCUT2D eigenvalue weighted by molar-refractivity contribution is -0.112. The van der Waals surface area contributed by atoms with Crippen molar-refractivity contribution in [3.05, 3.63) is 83.9 Å². The van der Waals surface area contributed by atoms with Crippen LogP contribution in [0.1, 0.15) is 5.56 Å². The average Bonchev–Trinajstić information content (AvgIpc) is 3.28. The molecule has 0 fully saturated rings. The maximum Gasteiger partial charge on any atom is 0.268 e. The molecule has 0 bridgehead atoms. The fourth-order valence-electron chi connectivity index (χ4n) is 3.06. The molecule has 0 unspecified atom stereocenters. The van der Waals surface area contributed by atoms with Gasteiger partial charge < -0.3 is 14.2 Å². The maximum absolute atomic E-state index is 12.5. The van der Waals surface area contributed by atoms with Gasteiger partial charge in [-0.15, -0.1) is 0 Å². The van der Waals surface area contributed by atoms with Crippen LogP contribution in [-0.4, -0.2) is 31.2 Å². The van der Waals surface area contributed by atoms with E-state index in [1.54, 1.807) is 31.4 Å². The van der Waals surface area contributed by atoms with Crippen molar-refractivity contribution in [1.82, 2.24) is 4.98 Å². The summed E-state index contributed by atoms with van der Waals surface area (Å²) in [4.78, 5) is 16.9. The van der Waals surface area contributed by atoms with E-state index >= 15 is 0 Å². The van der Waals surface area contributed by atoms with Crippen LogP contribution in [0.25, 0.3) is 16.3 Å². The van der Waals surface area contributed by atoms with Gasteiger partial charge in [0.2, 0.25) is 0 Å². The number of hydrogen-bond acceptors (Lipinski definition) is 7. The minimum absolute atomic E-state index is 0.0131. The second kappa shape index (κ2) is 11.0. The summed E-state index contributed by atoms with van der Waals surface area (Å²) in [6.45, 7) is 0.758. The third-order valence-electron chi connectivity index (χ3n) is 4.75. The van der Waals surface area contributed by atoms with E-state index in [-0.39, 0.29) is 5.57 Å². The Morgan fingerprint density at radius 1 is 0.971 bits per heavy atom. The number of methoxy groups -OCH3 is 1. The predicted molar refractivity (Wildman–Crippen MR) is 132 cm³/mol. The Kier molecular flexibility index (Phi) is 7.38. The molecule has 0 aliphatic carbocycles. The highest BCUT2D eigenvalue weighted by molar-refractivity contribution is 7.22. The number of amides is 1. The number of hydrogen-bond donors (Lipinski definition) is 1. The number of nitrogens with one attached hydrogen (secondary N) is 1. The number of anilines is 1. The van der Waals surface area contributed by atoms with Crippen molar-refractivity contribution < 1.29 is 19.0 Å². The van der Waals surface area contributed by atoms with Gasteiger partial charge in [0.1, 0.15) is 42.1 Å². The van der Waals surface area contributed by atoms with Crippen molar-refractivity contribution in [3.63, 3.8) is 0 Å². The highest BCUT2D eigenvalue weighted by atomic mass is 32.1. The monoisotopic (exact) mass is 471 g/mol. The number of nitriles is 1. The molecular formula is C26H21N3O4S. The molecule has 7 nitrogen and oxygen atoms in total. The van der Waals surface area contributed by atoms with Crippen LogP contribution in [-0.2, 0) is 4.79 Å². The van der Waals surface area contributed by atoms with Gasteiger partial charge in [0.15, 0.2) is 5.13 Å². The minimum atomic E-state index is -0.502. The molecule has 1 aromatic heterocycles. The predicted octanol–water partition coefficient (Wildman–Crippen LogP) is 5.31. The van der Waals surface area contributed by atoms with E-state index in [1.165, 1.54) is 17.4 Å². The number of carbonyl (C=O) groups excluding carboxylic acids is 1. The molecule has 1 N–H and O–H groups in total. The second-order valence-electron chi connectivity index (χ2n) is 7.05. The maximum atomic E-state index is 12.5. The highest BCUT2D eigenvalue weighted by Crippen LogP contribution is 2.26. The molecule has 0 atom stereocenters. The first-order valence-corrected chi connectivity index (χ1v) is 11.2. The Morgan fingerprint density at radius 2 is 1.59 bits per heavy atom. The summed E-state index contributed by atoms with van der Waals surface area (Å²) < 4.78 is 17.4. The van der Waals surface area contributed by atoms with Crippen LogP contribution in [0.4, 0.5) is 5.13 Å². The lowest BCUT2D eigenvalue weighted by Gasteiger charge is -2.09. The van der Waals surface area contributed by atoms with Crippen molar-refractivity contribution >= 4 is 38.7 Å². The van der Waals surface area contributed by atoms with Crippen LogP contribution >= 0.6 is 11.3 Å². The Balaban J connectivity index is 1.30. The minimum Gasteiger partial charge on any atom is -0.497 e. The molecule has 170 valence electrons. The van der Waals surface area contributed by atoms with Gasteiger partial charge in [0.05, 0.1) is 17.3 Å². The van der Waals surface area contributed by atoms with Gasteiger partial charge in [-0.05, 0) is 60.2 Å². The van der Waals surface area contributed by atoms with E-state index in [0.717, 1.165) is 21.7 Å². The molecule has 4 rings (SSSR count). The van der Waals surface area contributed by atoms with Gasteiger partial charge in [0, 0.05) is 0 Å². The van der Waals surface area contributed by atoms with Gasteiger partial charge in [-0.3, -0.25) is 10.1 Å². The fraction of sp³-hybridized carbons (Fsp3) is 0.115. The number of thiazole rings is 1. The van der Waals surface area contributed by atoms with Crippen molar-refractivity contribution in [2.45, 2.75) is 0 Å². The molecule has 0 saturated heterocycles. The molecule has 3 aromatic carbocycles. The molecule has 0 aliphatic heterocycles. The fourth-order valence-corrected chi connectivity index (χ4v) is 3.92. The van der Waals surface area contributed by atoms with E-state index in [1.807, 2.05) is 54.6 Å². The zero-order valence-electron chi connectivity index (χ0n) is 18.4. The molecule has 0 radical (unpaired) electrons. The smallest absolute Gasteiger partial charge is 0.268 e. The van der Waals surface area contributed by atoms with Crippen LogP contribution in [0.5, 0.6) is 17.2 Å².